The van der Waals surface area contributed by atoms with Crippen molar-refractivity contribution in [3.63, 3.8) is 0 Å². The summed E-state index contributed by atoms with van der Waals surface area (Å²) in [5.41, 5.74) is 0. The Hall–Kier alpha value is 0.230. The van der Waals surface area contributed by atoms with Gasteiger partial charge in [0.15, 0.2) is 0 Å². The molecule has 0 aromatic rings. The van der Waals surface area contributed by atoms with Crippen molar-refractivity contribution in [2.75, 3.05) is 52.3 Å². The SMILES string of the molecule is COCCN(CCOCCS)CC(C)C. The number of hydrogen-bond acceptors (Lipinski definition) is 4. The second-order valence-electron chi connectivity index (χ2n) is 4.02. The Bertz CT molecular complexity index is 134. The zero-order chi connectivity index (χ0) is 11.5. The van der Waals surface area contributed by atoms with Crippen LogP contribution in [0.15, 0.2) is 0 Å². The van der Waals surface area contributed by atoms with Crippen LogP contribution in [0.3, 0.4) is 0 Å². The van der Waals surface area contributed by atoms with Crippen molar-refractivity contribution in [2.45, 2.75) is 13.8 Å². The Morgan fingerprint density at radius 3 is 2.33 bits per heavy atom. The largest absolute Gasteiger partial charge is 0.383 e. The lowest BCUT2D eigenvalue weighted by Gasteiger charge is -2.23. The van der Waals surface area contributed by atoms with Crippen molar-refractivity contribution in [1.82, 2.24) is 4.90 Å². The van der Waals surface area contributed by atoms with Gasteiger partial charge in [0.25, 0.3) is 0 Å². The first-order valence-corrected chi connectivity index (χ1v) is 6.23. The van der Waals surface area contributed by atoms with E-state index in [2.05, 4.69) is 31.4 Å². The fraction of sp³-hybridized carbons (Fsp3) is 1.00. The second kappa shape index (κ2) is 10.7. The van der Waals surface area contributed by atoms with E-state index in [0.29, 0.717) is 5.92 Å². The Labute approximate surface area is 99.5 Å². The molecule has 0 rings (SSSR count). The summed E-state index contributed by atoms with van der Waals surface area (Å²) >= 11 is 4.10. The van der Waals surface area contributed by atoms with Crippen LogP contribution >= 0.6 is 12.6 Å². The lowest BCUT2D eigenvalue weighted by atomic mass is 10.2. The third kappa shape index (κ3) is 10.5. The molecule has 92 valence electrons. The first-order valence-electron chi connectivity index (χ1n) is 5.60. The fourth-order valence-corrected chi connectivity index (χ4v) is 1.52. The predicted octanol–water partition coefficient (Wildman–Crippen LogP) is 1.54. The maximum absolute atomic E-state index is 5.42. The lowest BCUT2D eigenvalue weighted by Crippen LogP contribution is -2.34. The predicted molar refractivity (Wildman–Crippen MR) is 67.8 cm³/mol. The molecule has 0 aromatic carbocycles. The molecule has 0 N–H and O–H groups in total. The zero-order valence-electron chi connectivity index (χ0n) is 10.2. The van der Waals surface area contributed by atoms with E-state index in [1.165, 1.54) is 0 Å². The van der Waals surface area contributed by atoms with Gasteiger partial charge in [-0.2, -0.15) is 12.6 Å². The second-order valence-corrected chi connectivity index (χ2v) is 4.47. The molecule has 4 heteroatoms. The van der Waals surface area contributed by atoms with Gasteiger partial charge in [-0.1, -0.05) is 13.8 Å². The monoisotopic (exact) mass is 235 g/mol. The molecule has 0 aliphatic heterocycles. The van der Waals surface area contributed by atoms with Crippen LogP contribution in [0.4, 0.5) is 0 Å². The van der Waals surface area contributed by atoms with Gasteiger partial charge in [-0.3, -0.25) is 4.90 Å². The quantitative estimate of drug-likeness (QED) is 0.458. The smallest absolute Gasteiger partial charge is 0.0593 e. The van der Waals surface area contributed by atoms with Crippen molar-refractivity contribution < 1.29 is 9.47 Å². The maximum Gasteiger partial charge on any atom is 0.0593 e. The van der Waals surface area contributed by atoms with Crippen LogP contribution in [0.1, 0.15) is 13.8 Å². The third-order valence-corrected chi connectivity index (χ3v) is 2.21. The van der Waals surface area contributed by atoms with Crippen LogP contribution in [-0.2, 0) is 9.47 Å². The average Bonchev–Trinajstić information content (AvgIpc) is 2.19. The Morgan fingerprint density at radius 1 is 1.13 bits per heavy atom. The first-order chi connectivity index (χ1) is 7.20. The standard InChI is InChI=1S/C11H25NO2S/c1-11(2)10-12(4-6-13-3)5-7-14-8-9-15/h11,15H,4-10H2,1-3H3. The summed E-state index contributed by atoms with van der Waals surface area (Å²) < 4.78 is 10.5. The van der Waals surface area contributed by atoms with Crippen molar-refractivity contribution in [3.05, 3.63) is 0 Å². The van der Waals surface area contributed by atoms with E-state index < -0.39 is 0 Å². The van der Waals surface area contributed by atoms with Gasteiger partial charge in [-0.05, 0) is 5.92 Å². The molecule has 0 bridgehead atoms. The molecule has 0 aliphatic rings. The first kappa shape index (κ1) is 15.2. The molecule has 0 amide bonds. The highest BCUT2D eigenvalue weighted by Gasteiger charge is 2.06. The van der Waals surface area contributed by atoms with Crippen LogP contribution in [0.25, 0.3) is 0 Å². The van der Waals surface area contributed by atoms with E-state index in [9.17, 15) is 0 Å². The number of hydrogen-bond donors (Lipinski definition) is 1. The molecule has 0 aromatic heterocycles. The Balaban J connectivity index is 3.59. The van der Waals surface area contributed by atoms with Gasteiger partial charge in [0.1, 0.15) is 0 Å². The minimum Gasteiger partial charge on any atom is -0.383 e. The van der Waals surface area contributed by atoms with Crippen LogP contribution in [0.2, 0.25) is 0 Å². The molecular formula is C11H25NO2S. The molecule has 0 aliphatic carbocycles. The molecule has 0 atom stereocenters. The Morgan fingerprint density at radius 2 is 1.80 bits per heavy atom. The van der Waals surface area contributed by atoms with E-state index in [-0.39, 0.29) is 0 Å². The molecule has 0 fully saturated rings. The van der Waals surface area contributed by atoms with Crippen LogP contribution in [0.5, 0.6) is 0 Å². The summed E-state index contributed by atoms with van der Waals surface area (Å²) in [5.74, 6) is 1.48. The highest BCUT2D eigenvalue weighted by Crippen LogP contribution is 1.98. The molecule has 0 unspecified atom stereocenters. The highest BCUT2D eigenvalue weighted by atomic mass is 32.1. The van der Waals surface area contributed by atoms with Gasteiger partial charge in [0, 0.05) is 32.5 Å². The van der Waals surface area contributed by atoms with Gasteiger partial charge in [0.2, 0.25) is 0 Å². The zero-order valence-corrected chi connectivity index (χ0v) is 11.1. The van der Waals surface area contributed by atoms with Crippen LogP contribution < -0.4 is 0 Å². The van der Waals surface area contributed by atoms with Crippen molar-refractivity contribution in [3.8, 4) is 0 Å². The molecule has 0 saturated carbocycles. The molecule has 0 radical (unpaired) electrons. The topological polar surface area (TPSA) is 21.7 Å². The van der Waals surface area contributed by atoms with E-state index in [1.807, 2.05) is 0 Å². The minimum absolute atomic E-state index is 0.687. The molecule has 3 nitrogen and oxygen atoms in total. The fourth-order valence-electron chi connectivity index (χ4n) is 1.39. The molecule has 0 spiro atoms. The van der Waals surface area contributed by atoms with Crippen LogP contribution in [-0.4, -0.2) is 57.2 Å². The highest BCUT2D eigenvalue weighted by molar-refractivity contribution is 7.80. The number of rotatable bonds is 10. The average molecular weight is 235 g/mol. The number of thiol groups is 1. The molecule has 0 saturated heterocycles. The minimum atomic E-state index is 0.687. The van der Waals surface area contributed by atoms with Crippen molar-refractivity contribution in [1.29, 1.82) is 0 Å². The number of methoxy groups -OCH3 is 1. The molecule has 15 heavy (non-hydrogen) atoms. The van der Waals surface area contributed by atoms with Gasteiger partial charge >= 0.3 is 0 Å². The summed E-state index contributed by atoms with van der Waals surface area (Å²) in [6.07, 6.45) is 0. The normalized spacial score (nSPS) is 11.6. The molecular weight excluding hydrogens is 210 g/mol. The summed E-state index contributed by atoms with van der Waals surface area (Å²) in [6.45, 7) is 9.85. The third-order valence-electron chi connectivity index (χ3n) is 2.02. The van der Waals surface area contributed by atoms with Crippen LogP contribution in [0, 0.1) is 5.92 Å². The van der Waals surface area contributed by atoms with E-state index >= 15 is 0 Å². The summed E-state index contributed by atoms with van der Waals surface area (Å²) in [6, 6.07) is 0. The van der Waals surface area contributed by atoms with Crippen molar-refractivity contribution in [2.24, 2.45) is 5.92 Å². The number of nitrogens with zero attached hydrogens (tertiary/aromatic N) is 1. The number of ether oxygens (including phenoxy) is 2. The van der Waals surface area contributed by atoms with Gasteiger partial charge in [-0.25, -0.2) is 0 Å². The van der Waals surface area contributed by atoms with Gasteiger partial charge < -0.3 is 9.47 Å². The van der Waals surface area contributed by atoms with Crippen molar-refractivity contribution >= 4 is 12.6 Å². The van der Waals surface area contributed by atoms with E-state index in [1.54, 1.807) is 7.11 Å². The summed E-state index contributed by atoms with van der Waals surface area (Å²) in [4.78, 5) is 2.38. The lowest BCUT2D eigenvalue weighted by molar-refractivity contribution is 0.0904. The molecule has 0 heterocycles. The van der Waals surface area contributed by atoms with Gasteiger partial charge in [0.05, 0.1) is 19.8 Å². The maximum atomic E-state index is 5.42. The Kier molecular flexibility index (Phi) is 10.9. The van der Waals surface area contributed by atoms with E-state index in [4.69, 9.17) is 9.47 Å². The van der Waals surface area contributed by atoms with Gasteiger partial charge in [-0.15, -0.1) is 0 Å². The van der Waals surface area contributed by atoms with E-state index in [0.717, 1.165) is 45.2 Å². The summed E-state index contributed by atoms with van der Waals surface area (Å²) in [5, 5.41) is 0. The summed E-state index contributed by atoms with van der Waals surface area (Å²) in [7, 11) is 1.74.